The van der Waals surface area contributed by atoms with Gasteiger partial charge in [0.2, 0.25) is 5.79 Å². The molecular weight excluding hydrogens is 709 g/mol. The number of halogens is 4. The summed E-state index contributed by atoms with van der Waals surface area (Å²) in [5.41, 5.74) is 3.38. The van der Waals surface area contributed by atoms with Gasteiger partial charge in [0.25, 0.3) is 0 Å². The zero-order chi connectivity index (χ0) is 36.9. The molecule has 0 spiro atoms. The van der Waals surface area contributed by atoms with Crippen LogP contribution in [0.2, 0.25) is 5.02 Å². The van der Waals surface area contributed by atoms with E-state index in [0.717, 1.165) is 16.7 Å². The van der Waals surface area contributed by atoms with Gasteiger partial charge in [0.05, 0.1) is 33.0 Å². The van der Waals surface area contributed by atoms with Crippen LogP contribution in [0, 0.1) is 0 Å². The molecule has 53 heavy (non-hydrogen) atoms. The summed E-state index contributed by atoms with van der Waals surface area (Å²) in [6, 6.07) is 40.1. The largest absolute Gasteiger partial charge is 0.573 e. The van der Waals surface area contributed by atoms with Crippen LogP contribution in [0.15, 0.2) is 133 Å². The topological polar surface area (TPSA) is 75.6 Å². The average molecular weight is 747 g/mol. The van der Waals surface area contributed by atoms with E-state index >= 15 is 0 Å². The van der Waals surface area contributed by atoms with Crippen LogP contribution in [0.3, 0.4) is 0 Å². The van der Waals surface area contributed by atoms with Crippen LogP contribution in [0.4, 0.5) is 13.2 Å². The number of aliphatic hydroxyl groups excluding tert-OH is 1. The molecule has 5 aromatic carbocycles. The van der Waals surface area contributed by atoms with Crippen LogP contribution in [-0.4, -0.2) is 48.6 Å². The summed E-state index contributed by atoms with van der Waals surface area (Å²) in [7, 11) is 0. The maximum Gasteiger partial charge on any atom is 0.573 e. The van der Waals surface area contributed by atoms with Gasteiger partial charge in [0.15, 0.2) is 0 Å². The highest BCUT2D eigenvalue weighted by Crippen LogP contribution is 2.53. The molecule has 5 aromatic rings. The molecule has 7 nitrogen and oxygen atoms in total. The quantitative estimate of drug-likeness (QED) is 0.122. The van der Waals surface area contributed by atoms with E-state index in [-0.39, 0.29) is 38.6 Å². The molecule has 2 fully saturated rings. The van der Waals surface area contributed by atoms with Gasteiger partial charge in [-0.3, -0.25) is 0 Å². The molecule has 2 bridgehead atoms. The number of fused-ring (bicyclic) bond motifs is 2. The standard InChI is InChI=1S/C42H38ClF3O7/c43-36-21-18-34(23-33(36)22-29-16-19-35(20-17-29)52-42(44,45)46)41-39(50-26-32-14-8-3-9-15-32)37(48-24-30-10-4-1-5-11-30)38(40(27-47,53-41)28-51-41)49-25-31-12-6-2-7-13-31/h1-21,23,37-39,47H,22,24-28H2/t37?,38-,39+,40+,41-/m0/s1. The van der Waals surface area contributed by atoms with Crippen LogP contribution >= 0.6 is 11.6 Å². The van der Waals surface area contributed by atoms with Crippen LogP contribution in [0.1, 0.15) is 33.4 Å². The van der Waals surface area contributed by atoms with Crippen LogP contribution < -0.4 is 4.74 Å². The first-order valence-electron chi connectivity index (χ1n) is 17.2. The zero-order valence-corrected chi connectivity index (χ0v) is 29.3. The molecule has 0 saturated carbocycles. The van der Waals surface area contributed by atoms with Crippen molar-refractivity contribution < 1.29 is 46.7 Å². The molecule has 0 aliphatic carbocycles. The molecule has 2 aliphatic rings. The Bertz CT molecular complexity index is 1930. The minimum Gasteiger partial charge on any atom is -0.406 e. The molecule has 5 atom stereocenters. The lowest BCUT2D eigenvalue weighted by Gasteiger charge is -2.50. The number of hydrogen-bond acceptors (Lipinski definition) is 7. The van der Waals surface area contributed by atoms with E-state index in [1.165, 1.54) is 12.1 Å². The first-order valence-corrected chi connectivity index (χ1v) is 17.6. The number of alkyl halides is 3. The van der Waals surface area contributed by atoms with Crippen molar-refractivity contribution in [1.82, 2.24) is 0 Å². The van der Waals surface area contributed by atoms with Crippen molar-refractivity contribution in [3.05, 3.63) is 172 Å². The van der Waals surface area contributed by atoms with E-state index in [1.807, 2.05) is 97.1 Å². The first kappa shape index (κ1) is 37.1. The van der Waals surface area contributed by atoms with E-state index in [1.54, 1.807) is 24.3 Å². The Hall–Kier alpha value is -4.26. The Labute approximate surface area is 310 Å². The third kappa shape index (κ3) is 8.45. The van der Waals surface area contributed by atoms with Crippen molar-refractivity contribution in [3.8, 4) is 5.75 Å². The molecule has 1 N–H and O–H groups in total. The average Bonchev–Trinajstić information content (AvgIpc) is 3.53. The Morgan fingerprint density at radius 3 is 1.77 bits per heavy atom. The van der Waals surface area contributed by atoms with Crippen molar-refractivity contribution in [2.24, 2.45) is 0 Å². The molecule has 0 radical (unpaired) electrons. The van der Waals surface area contributed by atoms with Gasteiger partial charge < -0.3 is 33.5 Å². The summed E-state index contributed by atoms with van der Waals surface area (Å²) in [5, 5.41) is 11.5. The van der Waals surface area contributed by atoms with Gasteiger partial charge in [-0.05, 0) is 58.5 Å². The molecule has 0 aromatic heterocycles. The lowest BCUT2D eigenvalue weighted by molar-refractivity contribution is -0.353. The molecule has 2 aliphatic heterocycles. The SMILES string of the molecule is OC[C@]12CO[C@@](c3ccc(Cl)c(Cc4ccc(OC(F)(F)F)cc4)c3)(O1)[C@H](OCc1ccccc1)C(OCc1ccccc1)[C@@H]2OCc1ccccc1. The van der Waals surface area contributed by atoms with Crippen molar-refractivity contribution in [2.45, 2.75) is 62.3 Å². The van der Waals surface area contributed by atoms with Crippen LogP contribution in [0.5, 0.6) is 5.75 Å². The number of aliphatic hydroxyl groups is 1. The van der Waals surface area contributed by atoms with Crippen molar-refractivity contribution in [3.63, 3.8) is 0 Å². The highest BCUT2D eigenvalue weighted by molar-refractivity contribution is 6.31. The fourth-order valence-corrected chi connectivity index (χ4v) is 7.07. The van der Waals surface area contributed by atoms with Gasteiger partial charge in [-0.15, -0.1) is 13.2 Å². The molecule has 276 valence electrons. The highest BCUT2D eigenvalue weighted by Gasteiger charge is 2.69. The van der Waals surface area contributed by atoms with Crippen LogP contribution in [-0.2, 0) is 55.7 Å². The molecule has 1 unspecified atom stereocenters. The summed E-state index contributed by atoms with van der Waals surface area (Å²) in [4.78, 5) is 0. The van der Waals surface area contributed by atoms with E-state index in [0.29, 0.717) is 21.7 Å². The molecule has 7 rings (SSSR count). The van der Waals surface area contributed by atoms with Gasteiger partial charge in [-0.2, -0.15) is 0 Å². The molecular formula is C42H38ClF3O7. The fraction of sp³-hybridized carbons (Fsp3) is 0.286. The Morgan fingerprint density at radius 2 is 1.23 bits per heavy atom. The van der Waals surface area contributed by atoms with E-state index < -0.39 is 42.7 Å². The van der Waals surface area contributed by atoms with Crippen molar-refractivity contribution in [2.75, 3.05) is 13.2 Å². The summed E-state index contributed by atoms with van der Waals surface area (Å²) in [6.07, 6.45) is -7.05. The highest BCUT2D eigenvalue weighted by atomic mass is 35.5. The van der Waals surface area contributed by atoms with Gasteiger partial charge in [0, 0.05) is 10.6 Å². The monoisotopic (exact) mass is 746 g/mol. The minimum absolute atomic E-state index is 0.0298. The smallest absolute Gasteiger partial charge is 0.406 e. The van der Waals surface area contributed by atoms with Crippen molar-refractivity contribution in [1.29, 1.82) is 0 Å². The normalized spacial score (nSPS) is 23.9. The minimum atomic E-state index is -4.79. The first-order chi connectivity index (χ1) is 25.7. The van der Waals surface area contributed by atoms with E-state index in [4.69, 9.17) is 35.3 Å². The predicted molar refractivity (Wildman–Crippen MR) is 191 cm³/mol. The van der Waals surface area contributed by atoms with Gasteiger partial charge in [-0.1, -0.05) is 121 Å². The number of benzene rings is 5. The summed E-state index contributed by atoms with van der Waals surface area (Å²) >= 11 is 6.73. The van der Waals surface area contributed by atoms with Gasteiger partial charge in [0.1, 0.15) is 29.7 Å². The third-order valence-electron chi connectivity index (χ3n) is 9.47. The number of hydrogen-bond donors (Lipinski definition) is 1. The zero-order valence-electron chi connectivity index (χ0n) is 28.6. The molecule has 11 heteroatoms. The summed E-state index contributed by atoms with van der Waals surface area (Å²) < 4.78 is 76.2. The fourth-order valence-electron chi connectivity index (χ4n) is 6.89. The summed E-state index contributed by atoms with van der Waals surface area (Å²) in [6.45, 7) is 0.169. The lowest BCUT2D eigenvalue weighted by Crippen LogP contribution is -2.67. The Balaban J connectivity index is 1.27. The molecule has 0 amide bonds. The molecule has 2 saturated heterocycles. The van der Waals surface area contributed by atoms with E-state index in [2.05, 4.69) is 4.74 Å². The number of rotatable bonds is 14. The predicted octanol–water partition coefficient (Wildman–Crippen LogP) is 8.53. The maximum atomic E-state index is 12.8. The van der Waals surface area contributed by atoms with Gasteiger partial charge in [-0.25, -0.2) is 0 Å². The third-order valence-corrected chi connectivity index (χ3v) is 9.84. The van der Waals surface area contributed by atoms with E-state index in [9.17, 15) is 18.3 Å². The van der Waals surface area contributed by atoms with Gasteiger partial charge >= 0.3 is 6.36 Å². The Kier molecular flexibility index (Phi) is 11.2. The second kappa shape index (κ2) is 16.0. The second-order valence-electron chi connectivity index (χ2n) is 13.2. The lowest BCUT2D eigenvalue weighted by atomic mass is 9.83. The van der Waals surface area contributed by atoms with Crippen molar-refractivity contribution >= 4 is 11.6 Å². The summed E-state index contributed by atoms with van der Waals surface area (Å²) in [5.74, 6) is -1.89. The molecule has 2 heterocycles. The maximum absolute atomic E-state index is 12.8. The van der Waals surface area contributed by atoms with Crippen LogP contribution in [0.25, 0.3) is 0 Å². The second-order valence-corrected chi connectivity index (χ2v) is 13.6. The number of ether oxygens (including phenoxy) is 6. The Morgan fingerprint density at radius 1 is 0.679 bits per heavy atom.